The molecule has 0 radical (unpaired) electrons. The van der Waals surface area contributed by atoms with Crippen molar-refractivity contribution in [2.75, 3.05) is 0 Å². The van der Waals surface area contributed by atoms with Crippen molar-refractivity contribution in [3.63, 3.8) is 0 Å². The Balaban J connectivity index is 1.19. The van der Waals surface area contributed by atoms with Crippen molar-refractivity contribution in [2.45, 2.75) is 0 Å². The predicted molar refractivity (Wildman–Crippen MR) is 240 cm³/mol. The standard InChI is InChI=1S/C54H35N3/c1-4-17-36(18-5-1)41-26-16-30-49-52(41)54-51(34-33-50-53(54)43-25-12-15-29-47(43)56(50)39-21-8-3-9-22-39)57(49)45-27-13-10-23-40(45)37-31-32-48-44(35-37)42-24-11-14-28-46(42)55(48)38-19-6-2-7-20-38/h1-35H. The van der Waals surface area contributed by atoms with Gasteiger partial charge in [0.15, 0.2) is 0 Å². The largest absolute Gasteiger partial charge is 0.309 e. The number of hydrogen-bond acceptors (Lipinski definition) is 0. The first-order chi connectivity index (χ1) is 28.3. The molecule has 0 aliphatic heterocycles. The molecule has 0 unspecified atom stereocenters. The Labute approximate surface area is 329 Å². The number of fused-ring (bicyclic) bond motifs is 10. The van der Waals surface area contributed by atoms with Gasteiger partial charge in [-0.1, -0.05) is 140 Å². The first kappa shape index (κ1) is 31.7. The van der Waals surface area contributed by atoms with E-state index in [0.29, 0.717) is 0 Å². The van der Waals surface area contributed by atoms with Crippen LogP contribution < -0.4 is 0 Å². The number of para-hydroxylation sites is 5. The lowest BCUT2D eigenvalue weighted by atomic mass is 9.97. The van der Waals surface area contributed by atoms with Crippen molar-refractivity contribution >= 4 is 65.4 Å². The van der Waals surface area contributed by atoms with Crippen LogP contribution in [0.25, 0.3) is 105 Å². The van der Waals surface area contributed by atoms with Gasteiger partial charge in [0.1, 0.15) is 0 Å². The van der Waals surface area contributed by atoms with Gasteiger partial charge in [0.25, 0.3) is 0 Å². The highest BCUT2D eigenvalue weighted by molar-refractivity contribution is 6.31. The predicted octanol–water partition coefficient (Wildman–Crippen LogP) is 14.3. The van der Waals surface area contributed by atoms with Crippen molar-refractivity contribution < 1.29 is 0 Å². The van der Waals surface area contributed by atoms with E-state index in [1.165, 1.54) is 87.7 Å². The van der Waals surface area contributed by atoms with E-state index in [0.717, 1.165) is 17.1 Å². The summed E-state index contributed by atoms with van der Waals surface area (Å²) in [4.78, 5) is 0. The molecule has 0 atom stereocenters. The SMILES string of the molecule is c1ccc(-c2cccc3c2c2c4c5ccccc5n(-c5ccccc5)c4ccc2n3-c2ccccc2-c2ccc3c(c2)c2ccccc2n3-c2ccccc2)cc1. The monoisotopic (exact) mass is 725 g/mol. The first-order valence-corrected chi connectivity index (χ1v) is 19.6. The molecule has 0 spiro atoms. The third-order valence-electron chi connectivity index (χ3n) is 11.8. The second-order valence-electron chi connectivity index (χ2n) is 14.9. The van der Waals surface area contributed by atoms with Crippen LogP contribution in [0.1, 0.15) is 0 Å². The number of aromatic nitrogens is 3. The van der Waals surface area contributed by atoms with Gasteiger partial charge in [-0.3, -0.25) is 0 Å². The molecular weight excluding hydrogens is 691 g/mol. The van der Waals surface area contributed by atoms with Crippen LogP contribution in [-0.4, -0.2) is 13.7 Å². The average Bonchev–Trinajstić information content (AvgIpc) is 3.93. The van der Waals surface area contributed by atoms with E-state index < -0.39 is 0 Å². The van der Waals surface area contributed by atoms with Crippen LogP contribution in [0.3, 0.4) is 0 Å². The summed E-state index contributed by atoms with van der Waals surface area (Å²) in [5.74, 6) is 0. The molecule has 3 aromatic heterocycles. The lowest BCUT2D eigenvalue weighted by molar-refractivity contribution is 1.17. The van der Waals surface area contributed by atoms with Crippen LogP contribution in [0, 0.1) is 0 Å². The maximum absolute atomic E-state index is 2.51. The van der Waals surface area contributed by atoms with E-state index in [1.54, 1.807) is 0 Å². The van der Waals surface area contributed by atoms with Gasteiger partial charge < -0.3 is 13.7 Å². The fourth-order valence-corrected chi connectivity index (χ4v) is 9.49. The summed E-state index contributed by atoms with van der Waals surface area (Å²) in [6.07, 6.45) is 0. The summed E-state index contributed by atoms with van der Waals surface area (Å²) in [5, 5.41) is 7.53. The van der Waals surface area contributed by atoms with Crippen molar-refractivity contribution in [3.05, 3.63) is 212 Å². The van der Waals surface area contributed by atoms with E-state index in [9.17, 15) is 0 Å². The minimum atomic E-state index is 1.15. The van der Waals surface area contributed by atoms with Crippen LogP contribution in [0.15, 0.2) is 212 Å². The quantitative estimate of drug-likeness (QED) is 0.168. The maximum atomic E-state index is 2.51. The zero-order chi connectivity index (χ0) is 37.5. The highest BCUT2D eigenvalue weighted by Gasteiger charge is 2.24. The average molecular weight is 726 g/mol. The minimum absolute atomic E-state index is 1.15. The van der Waals surface area contributed by atoms with E-state index in [2.05, 4.69) is 226 Å². The fraction of sp³-hybridized carbons (Fsp3) is 0. The second kappa shape index (κ2) is 12.5. The highest BCUT2D eigenvalue weighted by atomic mass is 15.0. The molecule has 12 aromatic rings. The van der Waals surface area contributed by atoms with Crippen LogP contribution >= 0.6 is 0 Å². The van der Waals surface area contributed by atoms with E-state index in [1.807, 2.05) is 0 Å². The molecular formula is C54H35N3. The lowest BCUT2D eigenvalue weighted by Crippen LogP contribution is -1.97. The fourth-order valence-electron chi connectivity index (χ4n) is 9.49. The smallest absolute Gasteiger partial charge is 0.0549 e. The topological polar surface area (TPSA) is 14.8 Å². The van der Waals surface area contributed by atoms with Gasteiger partial charge in [0.05, 0.1) is 38.8 Å². The van der Waals surface area contributed by atoms with Gasteiger partial charge >= 0.3 is 0 Å². The Morgan fingerprint density at radius 1 is 0.246 bits per heavy atom. The van der Waals surface area contributed by atoms with Crippen LogP contribution in [0.5, 0.6) is 0 Å². The molecule has 0 N–H and O–H groups in total. The summed E-state index contributed by atoms with van der Waals surface area (Å²) in [6, 6.07) is 77.4. The summed E-state index contributed by atoms with van der Waals surface area (Å²) in [7, 11) is 0. The number of benzene rings is 9. The second-order valence-corrected chi connectivity index (χ2v) is 14.9. The third kappa shape index (κ3) is 4.66. The van der Waals surface area contributed by atoms with Crippen molar-refractivity contribution in [1.29, 1.82) is 0 Å². The molecule has 3 nitrogen and oxygen atoms in total. The summed E-state index contributed by atoms with van der Waals surface area (Å²) in [5.41, 5.74) is 15.5. The Bertz CT molecular complexity index is 3500. The summed E-state index contributed by atoms with van der Waals surface area (Å²) in [6.45, 7) is 0. The number of nitrogens with zero attached hydrogens (tertiary/aromatic N) is 3. The molecule has 0 amide bonds. The van der Waals surface area contributed by atoms with Crippen LogP contribution in [-0.2, 0) is 0 Å². The Hall–Kier alpha value is -7.62. The molecule has 0 bridgehead atoms. The zero-order valence-electron chi connectivity index (χ0n) is 31.0. The van der Waals surface area contributed by atoms with Crippen LogP contribution in [0.4, 0.5) is 0 Å². The van der Waals surface area contributed by atoms with Crippen molar-refractivity contribution in [2.24, 2.45) is 0 Å². The minimum Gasteiger partial charge on any atom is -0.309 e. The van der Waals surface area contributed by atoms with Gasteiger partial charge in [-0.05, 0) is 89.5 Å². The van der Waals surface area contributed by atoms with Gasteiger partial charge in [-0.25, -0.2) is 0 Å². The summed E-state index contributed by atoms with van der Waals surface area (Å²) < 4.78 is 7.32. The molecule has 3 heterocycles. The number of rotatable bonds is 5. The molecule has 3 heteroatoms. The van der Waals surface area contributed by atoms with E-state index in [4.69, 9.17) is 0 Å². The Morgan fingerprint density at radius 3 is 1.47 bits per heavy atom. The van der Waals surface area contributed by atoms with Crippen molar-refractivity contribution in [1.82, 2.24) is 13.7 Å². The highest BCUT2D eigenvalue weighted by Crippen LogP contribution is 2.46. The first-order valence-electron chi connectivity index (χ1n) is 19.6. The molecule has 57 heavy (non-hydrogen) atoms. The van der Waals surface area contributed by atoms with Gasteiger partial charge in [-0.2, -0.15) is 0 Å². The van der Waals surface area contributed by atoms with Crippen molar-refractivity contribution in [3.8, 4) is 39.3 Å². The molecule has 12 rings (SSSR count). The van der Waals surface area contributed by atoms with Gasteiger partial charge in [0.2, 0.25) is 0 Å². The van der Waals surface area contributed by atoms with Gasteiger partial charge in [-0.15, -0.1) is 0 Å². The molecule has 0 aliphatic rings. The molecule has 266 valence electrons. The lowest BCUT2D eigenvalue weighted by Gasteiger charge is -2.15. The third-order valence-corrected chi connectivity index (χ3v) is 11.8. The van der Waals surface area contributed by atoms with E-state index >= 15 is 0 Å². The zero-order valence-corrected chi connectivity index (χ0v) is 31.0. The normalized spacial score (nSPS) is 11.9. The molecule has 0 aliphatic carbocycles. The Kier molecular flexibility index (Phi) is 6.93. The van der Waals surface area contributed by atoms with E-state index in [-0.39, 0.29) is 0 Å². The Morgan fingerprint density at radius 2 is 0.737 bits per heavy atom. The maximum Gasteiger partial charge on any atom is 0.0549 e. The van der Waals surface area contributed by atoms with Crippen LogP contribution in [0.2, 0.25) is 0 Å². The molecule has 0 fully saturated rings. The molecule has 9 aromatic carbocycles. The molecule has 0 saturated heterocycles. The number of hydrogen-bond donors (Lipinski definition) is 0. The van der Waals surface area contributed by atoms with Gasteiger partial charge in [0, 0.05) is 49.3 Å². The summed E-state index contributed by atoms with van der Waals surface area (Å²) >= 11 is 0. The molecule has 0 saturated carbocycles.